The SMILES string of the molecule is NCc1ccc(-c2ccccc2SSc2ccccc2-c2ccc(CN)cc2)cc1. The Balaban J connectivity index is 1.59. The van der Waals surface area contributed by atoms with E-state index in [9.17, 15) is 0 Å². The number of nitrogens with two attached hydrogens (primary N) is 2. The lowest BCUT2D eigenvalue weighted by atomic mass is 10.0. The number of benzene rings is 4. The van der Waals surface area contributed by atoms with E-state index in [2.05, 4.69) is 97.1 Å². The second kappa shape index (κ2) is 10.0. The first-order valence-electron chi connectivity index (χ1n) is 9.90. The highest BCUT2D eigenvalue weighted by Crippen LogP contribution is 2.45. The predicted octanol–water partition coefficient (Wildman–Crippen LogP) is 6.74. The molecule has 0 fully saturated rings. The summed E-state index contributed by atoms with van der Waals surface area (Å²) >= 11 is 0. The number of hydrogen-bond acceptors (Lipinski definition) is 4. The van der Waals surface area contributed by atoms with Gasteiger partial charge >= 0.3 is 0 Å². The van der Waals surface area contributed by atoms with Crippen molar-refractivity contribution >= 4 is 21.6 Å². The van der Waals surface area contributed by atoms with Crippen LogP contribution >= 0.6 is 21.6 Å². The third-order valence-corrected chi connectivity index (χ3v) is 7.48. The van der Waals surface area contributed by atoms with Crippen LogP contribution in [-0.4, -0.2) is 0 Å². The lowest BCUT2D eigenvalue weighted by Crippen LogP contribution is -1.95. The normalized spacial score (nSPS) is 10.9. The Morgan fingerprint density at radius 1 is 0.467 bits per heavy atom. The van der Waals surface area contributed by atoms with Crippen LogP contribution in [0.2, 0.25) is 0 Å². The van der Waals surface area contributed by atoms with E-state index in [0.717, 1.165) is 11.1 Å². The van der Waals surface area contributed by atoms with Gasteiger partial charge in [0.05, 0.1) is 0 Å². The van der Waals surface area contributed by atoms with Crippen molar-refractivity contribution < 1.29 is 0 Å². The minimum atomic E-state index is 0.565. The summed E-state index contributed by atoms with van der Waals surface area (Å²) in [5.41, 5.74) is 18.7. The molecule has 30 heavy (non-hydrogen) atoms. The first-order chi connectivity index (χ1) is 14.8. The molecule has 2 nitrogen and oxygen atoms in total. The fourth-order valence-electron chi connectivity index (χ4n) is 3.29. The molecule has 0 amide bonds. The largest absolute Gasteiger partial charge is 0.326 e. The monoisotopic (exact) mass is 428 g/mol. The van der Waals surface area contributed by atoms with Crippen LogP contribution in [0.1, 0.15) is 11.1 Å². The van der Waals surface area contributed by atoms with Gasteiger partial charge in [-0.15, -0.1) is 0 Å². The van der Waals surface area contributed by atoms with Gasteiger partial charge in [-0.1, -0.05) is 107 Å². The zero-order valence-corrected chi connectivity index (χ0v) is 18.3. The molecule has 4 rings (SSSR count). The van der Waals surface area contributed by atoms with Crippen molar-refractivity contribution in [3.8, 4) is 22.3 Å². The van der Waals surface area contributed by atoms with Crippen LogP contribution in [0.15, 0.2) is 107 Å². The summed E-state index contributed by atoms with van der Waals surface area (Å²) in [6.45, 7) is 1.13. The average Bonchev–Trinajstić information content (AvgIpc) is 2.83. The van der Waals surface area contributed by atoms with Crippen molar-refractivity contribution in [2.24, 2.45) is 11.5 Å². The van der Waals surface area contributed by atoms with Gasteiger partial charge < -0.3 is 11.5 Å². The summed E-state index contributed by atoms with van der Waals surface area (Å²) in [5.74, 6) is 0. The Morgan fingerprint density at radius 2 is 0.833 bits per heavy atom. The molecule has 0 spiro atoms. The first-order valence-corrected chi connectivity index (χ1v) is 12.0. The van der Waals surface area contributed by atoms with Crippen molar-refractivity contribution in [2.75, 3.05) is 0 Å². The fraction of sp³-hybridized carbons (Fsp3) is 0.0769. The van der Waals surface area contributed by atoms with Gasteiger partial charge in [-0.3, -0.25) is 0 Å². The summed E-state index contributed by atoms with van der Waals surface area (Å²) in [6, 6.07) is 34.1. The van der Waals surface area contributed by atoms with E-state index < -0.39 is 0 Å². The molecule has 4 heteroatoms. The van der Waals surface area contributed by atoms with Crippen LogP contribution in [0, 0.1) is 0 Å². The highest BCUT2D eigenvalue weighted by atomic mass is 33.1. The first kappa shape index (κ1) is 20.8. The van der Waals surface area contributed by atoms with E-state index >= 15 is 0 Å². The van der Waals surface area contributed by atoms with Gasteiger partial charge in [0.15, 0.2) is 0 Å². The van der Waals surface area contributed by atoms with E-state index in [-0.39, 0.29) is 0 Å². The minimum Gasteiger partial charge on any atom is -0.326 e. The van der Waals surface area contributed by atoms with Gasteiger partial charge in [0.2, 0.25) is 0 Å². The fourth-order valence-corrected chi connectivity index (χ4v) is 5.70. The van der Waals surface area contributed by atoms with Crippen LogP contribution in [-0.2, 0) is 13.1 Å². The van der Waals surface area contributed by atoms with E-state index in [1.807, 2.05) is 0 Å². The average molecular weight is 429 g/mol. The molecule has 0 aliphatic carbocycles. The predicted molar refractivity (Wildman–Crippen MR) is 131 cm³/mol. The third-order valence-electron chi connectivity index (χ3n) is 5.00. The maximum absolute atomic E-state index is 5.75. The van der Waals surface area contributed by atoms with Gasteiger partial charge in [0.1, 0.15) is 0 Å². The Kier molecular flexibility index (Phi) is 6.92. The smallest absolute Gasteiger partial charge is 0.0264 e. The van der Waals surface area contributed by atoms with Crippen LogP contribution in [0.25, 0.3) is 22.3 Å². The molecule has 0 aliphatic heterocycles. The lowest BCUT2D eigenvalue weighted by Gasteiger charge is -2.12. The quantitative estimate of drug-likeness (QED) is 0.320. The Morgan fingerprint density at radius 3 is 1.20 bits per heavy atom. The second-order valence-corrected chi connectivity index (χ2v) is 9.17. The summed E-state index contributed by atoms with van der Waals surface area (Å²) in [4.78, 5) is 2.49. The van der Waals surface area contributed by atoms with Crippen LogP contribution in [0.4, 0.5) is 0 Å². The lowest BCUT2D eigenvalue weighted by molar-refractivity contribution is 1.07. The van der Waals surface area contributed by atoms with Crippen molar-refractivity contribution in [2.45, 2.75) is 22.9 Å². The topological polar surface area (TPSA) is 52.0 Å². The highest BCUT2D eigenvalue weighted by molar-refractivity contribution is 8.76. The molecule has 4 N–H and O–H groups in total. The Labute approximate surface area is 186 Å². The van der Waals surface area contributed by atoms with Crippen molar-refractivity contribution in [1.29, 1.82) is 0 Å². The number of rotatable bonds is 7. The number of hydrogen-bond donors (Lipinski definition) is 2. The Hall–Kier alpha value is -2.50. The molecular formula is C26H24N2S2. The van der Waals surface area contributed by atoms with Crippen LogP contribution < -0.4 is 11.5 Å². The van der Waals surface area contributed by atoms with Crippen LogP contribution in [0.5, 0.6) is 0 Å². The highest BCUT2D eigenvalue weighted by Gasteiger charge is 2.10. The molecule has 0 radical (unpaired) electrons. The molecule has 4 aromatic carbocycles. The standard InChI is InChI=1S/C26H24N2S2/c27-17-19-9-13-21(14-10-19)23-5-1-3-7-25(23)29-30-26-8-4-2-6-24(26)22-15-11-20(18-28)12-16-22/h1-16H,17-18,27-28H2. The second-order valence-electron chi connectivity index (χ2n) is 6.96. The van der Waals surface area contributed by atoms with Gasteiger partial charge in [-0.2, -0.15) is 0 Å². The van der Waals surface area contributed by atoms with E-state index in [1.165, 1.54) is 32.0 Å². The molecule has 4 aromatic rings. The molecular weight excluding hydrogens is 404 g/mol. The molecule has 0 bridgehead atoms. The maximum Gasteiger partial charge on any atom is 0.0264 e. The summed E-state index contributed by atoms with van der Waals surface area (Å²) in [6.07, 6.45) is 0. The molecule has 0 unspecified atom stereocenters. The van der Waals surface area contributed by atoms with Crippen molar-refractivity contribution in [3.63, 3.8) is 0 Å². The van der Waals surface area contributed by atoms with E-state index in [1.54, 1.807) is 21.6 Å². The molecule has 0 saturated carbocycles. The molecule has 0 heterocycles. The minimum absolute atomic E-state index is 0.565. The maximum atomic E-state index is 5.75. The third kappa shape index (κ3) is 4.79. The summed E-state index contributed by atoms with van der Waals surface area (Å²) < 4.78 is 0. The van der Waals surface area contributed by atoms with Gasteiger partial charge in [0, 0.05) is 22.9 Å². The summed E-state index contributed by atoms with van der Waals surface area (Å²) in [7, 11) is 3.59. The zero-order valence-electron chi connectivity index (χ0n) is 16.6. The van der Waals surface area contributed by atoms with Gasteiger partial charge in [-0.25, -0.2) is 0 Å². The molecule has 0 aromatic heterocycles. The van der Waals surface area contributed by atoms with Gasteiger partial charge in [-0.05, 0) is 45.5 Å². The van der Waals surface area contributed by atoms with Gasteiger partial charge in [0.25, 0.3) is 0 Å². The molecule has 0 saturated heterocycles. The summed E-state index contributed by atoms with van der Waals surface area (Å²) in [5, 5.41) is 0. The van der Waals surface area contributed by atoms with E-state index in [4.69, 9.17) is 11.5 Å². The molecule has 0 aliphatic rings. The molecule has 0 atom stereocenters. The van der Waals surface area contributed by atoms with Crippen molar-refractivity contribution in [1.82, 2.24) is 0 Å². The Bertz CT molecular complexity index is 1020. The van der Waals surface area contributed by atoms with E-state index in [0.29, 0.717) is 13.1 Å². The van der Waals surface area contributed by atoms with Crippen LogP contribution in [0.3, 0.4) is 0 Å². The zero-order chi connectivity index (χ0) is 20.8. The van der Waals surface area contributed by atoms with Crippen molar-refractivity contribution in [3.05, 3.63) is 108 Å². The molecule has 150 valence electrons.